The molecule has 1 atom stereocenters. The number of carbonyl (C=O) groups excluding carboxylic acids is 1. The fourth-order valence-electron chi connectivity index (χ4n) is 1.25. The number of carbonyl (C=O) groups is 1. The largest absolute Gasteiger partial charge is 0.483 e. The Balaban J connectivity index is 2.80. The average molecular weight is 258 g/mol. The van der Waals surface area contributed by atoms with Gasteiger partial charge >= 0.3 is 0 Å². The van der Waals surface area contributed by atoms with Crippen LogP contribution in [0.4, 0.5) is 0 Å². The number of hydrogen-bond acceptors (Lipinski definition) is 3. The maximum atomic E-state index is 11.4. The number of halogens is 1. The van der Waals surface area contributed by atoms with Crippen molar-refractivity contribution in [2.24, 2.45) is 0 Å². The summed E-state index contributed by atoms with van der Waals surface area (Å²) in [6.07, 6.45) is -0.696. The summed E-state index contributed by atoms with van der Waals surface area (Å²) < 4.78 is 5.37. The minimum atomic E-state index is -0.696. The molecule has 1 aromatic rings. The van der Waals surface area contributed by atoms with Crippen LogP contribution in [0.1, 0.15) is 18.6 Å². The quantitative estimate of drug-likeness (QED) is 0.896. The summed E-state index contributed by atoms with van der Waals surface area (Å²) in [7, 11) is 3.31. The maximum Gasteiger partial charge on any atom is 0.259 e. The van der Waals surface area contributed by atoms with Crippen molar-refractivity contribution < 1.29 is 14.6 Å². The van der Waals surface area contributed by atoms with Crippen molar-refractivity contribution in [1.29, 1.82) is 0 Å². The Morgan fingerprint density at radius 1 is 1.53 bits per heavy atom. The molecule has 5 heteroatoms. The Kier molecular flexibility index (Phi) is 4.78. The van der Waals surface area contributed by atoms with E-state index >= 15 is 0 Å². The Bertz CT molecular complexity index is 405. The molecule has 0 heterocycles. The molecule has 1 rings (SSSR count). The topological polar surface area (TPSA) is 49.8 Å². The van der Waals surface area contributed by atoms with E-state index in [0.717, 1.165) is 0 Å². The van der Waals surface area contributed by atoms with E-state index in [9.17, 15) is 9.90 Å². The first kappa shape index (κ1) is 13.8. The molecule has 1 aromatic carbocycles. The fourth-order valence-corrected chi connectivity index (χ4v) is 1.43. The van der Waals surface area contributed by atoms with Gasteiger partial charge < -0.3 is 14.7 Å². The standard InChI is InChI=1S/C12H16ClNO3/c1-8(15)10-6-9(13)4-5-11(10)17-7-12(16)14(2)3/h4-6,8,15H,7H2,1-3H3. The van der Waals surface area contributed by atoms with E-state index in [2.05, 4.69) is 0 Å². The minimum Gasteiger partial charge on any atom is -0.483 e. The normalized spacial score (nSPS) is 12.1. The number of aliphatic hydroxyl groups is 1. The Morgan fingerprint density at radius 2 is 2.18 bits per heavy atom. The second-order valence-electron chi connectivity index (χ2n) is 3.93. The molecule has 0 bridgehead atoms. The number of ether oxygens (including phenoxy) is 1. The second-order valence-corrected chi connectivity index (χ2v) is 4.37. The Labute approximate surface area is 106 Å². The lowest BCUT2D eigenvalue weighted by Crippen LogP contribution is -2.27. The summed E-state index contributed by atoms with van der Waals surface area (Å²) in [5, 5.41) is 10.1. The van der Waals surface area contributed by atoms with Gasteiger partial charge in [0.1, 0.15) is 5.75 Å². The first-order valence-electron chi connectivity index (χ1n) is 5.22. The molecule has 0 aliphatic rings. The molecule has 1 amide bonds. The number of benzene rings is 1. The van der Waals surface area contributed by atoms with Crippen molar-refractivity contribution in [3.8, 4) is 5.75 Å². The summed E-state index contributed by atoms with van der Waals surface area (Å²) >= 11 is 5.83. The van der Waals surface area contributed by atoms with E-state index < -0.39 is 6.10 Å². The van der Waals surface area contributed by atoms with Crippen LogP contribution in [0.3, 0.4) is 0 Å². The van der Waals surface area contributed by atoms with Crippen molar-refractivity contribution in [3.05, 3.63) is 28.8 Å². The molecule has 0 aromatic heterocycles. The average Bonchev–Trinajstić information content (AvgIpc) is 2.26. The van der Waals surface area contributed by atoms with Crippen LogP contribution < -0.4 is 4.74 Å². The van der Waals surface area contributed by atoms with Crippen LogP contribution in [0.15, 0.2) is 18.2 Å². The zero-order valence-corrected chi connectivity index (χ0v) is 10.9. The molecule has 0 aliphatic carbocycles. The van der Waals surface area contributed by atoms with Crippen molar-refractivity contribution in [2.45, 2.75) is 13.0 Å². The van der Waals surface area contributed by atoms with Crippen LogP contribution in [-0.4, -0.2) is 36.6 Å². The number of rotatable bonds is 4. The molecule has 0 radical (unpaired) electrons. The van der Waals surface area contributed by atoms with Gasteiger partial charge in [-0.15, -0.1) is 0 Å². The van der Waals surface area contributed by atoms with Crippen LogP contribution >= 0.6 is 11.6 Å². The smallest absolute Gasteiger partial charge is 0.259 e. The third-order valence-corrected chi connectivity index (χ3v) is 2.51. The van der Waals surface area contributed by atoms with Crippen LogP contribution in [0.5, 0.6) is 5.75 Å². The number of likely N-dealkylation sites (N-methyl/N-ethyl adjacent to an activating group) is 1. The van der Waals surface area contributed by atoms with Gasteiger partial charge in [-0.1, -0.05) is 11.6 Å². The number of nitrogens with zero attached hydrogens (tertiary/aromatic N) is 1. The lowest BCUT2D eigenvalue weighted by molar-refractivity contribution is -0.130. The minimum absolute atomic E-state index is 0.0612. The highest BCUT2D eigenvalue weighted by Gasteiger charge is 2.12. The Morgan fingerprint density at radius 3 is 2.71 bits per heavy atom. The van der Waals surface area contributed by atoms with Crippen molar-refractivity contribution >= 4 is 17.5 Å². The highest BCUT2D eigenvalue weighted by molar-refractivity contribution is 6.30. The van der Waals surface area contributed by atoms with E-state index in [1.165, 1.54) is 4.90 Å². The molecule has 1 unspecified atom stereocenters. The number of hydrogen-bond donors (Lipinski definition) is 1. The SMILES string of the molecule is CC(O)c1cc(Cl)ccc1OCC(=O)N(C)C. The van der Waals surface area contributed by atoms with Gasteiger partial charge in [0.05, 0.1) is 6.10 Å². The van der Waals surface area contributed by atoms with Gasteiger partial charge in [0.25, 0.3) is 5.91 Å². The zero-order valence-electron chi connectivity index (χ0n) is 10.1. The molecule has 94 valence electrons. The summed E-state index contributed by atoms with van der Waals surface area (Å²) in [5.41, 5.74) is 0.573. The maximum absolute atomic E-state index is 11.4. The van der Waals surface area contributed by atoms with E-state index in [-0.39, 0.29) is 12.5 Å². The lowest BCUT2D eigenvalue weighted by Gasteiger charge is -2.15. The molecule has 0 fully saturated rings. The third-order valence-electron chi connectivity index (χ3n) is 2.27. The first-order valence-corrected chi connectivity index (χ1v) is 5.60. The van der Waals surface area contributed by atoms with E-state index in [1.807, 2.05) is 0 Å². The number of aliphatic hydroxyl groups excluding tert-OH is 1. The van der Waals surface area contributed by atoms with Crippen LogP contribution in [0.25, 0.3) is 0 Å². The molecular formula is C12H16ClNO3. The van der Waals surface area contributed by atoms with E-state index in [0.29, 0.717) is 16.3 Å². The first-order chi connectivity index (χ1) is 7.91. The predicted octanol–water partition coefficient (Wildman–Crippen LogP) is 1.86. The number of amides is 1. The second kappa shape index (κ2) is 5.89. The highest BCUT2D eigenvalue weighted by Crippen LogP contribution is 2.28. The van der Waals surface area contributed by atoms with Crippen LogP contribution in [-0.2, 0) is 4.79 Å². The monoisotopic (exact) mass is 257 g/mol. The Hall–Kier alpha value is -1.26. The molecule has 0 saturated carbocycles. The summed E-state index contributed by atoms with van der Waals surface area (Å²) in [5.74, 6) is 0.330. The summed E-state index contributed by atoms with van der Waals surface area (Å²) in [6.45, 7) is 1.56. The zero-order chi connectivity index (χ0) is 13.0. The van der Waals surface area contributed by atoms with Gasteiger partial charge in [-0.3, -0.25) is 4.79 Å². The van der Waals surface area contributed by atoms with Gasteiger partial charge in [0, 0.05) is 24.7 Å². The van der Waals surface area contributed by atoms with Gasteiger partial charge in [-0.2, -0.15) is 0 Å². The lowest BCUT2D eigenvalue weighted by atomic mass is 10.1. The van der Waals surface area contributed by atoms with E-state index in [1.54, 1.807) is 39.2 Å². The predicted molar refractivity (Wildman–Crippen MR) is 66.3 cm³/mol. The van der Waals surface area contributed by atoms with Gasteiger partial charge in [0.2, 0.25) is 0 Å². The van der Waals surface area contributed by atoms with Crippen LogP contribution in [0, 0.1) is 0 Å². The highest BCUT2D eigenvalue weighted by atomic mass is 35.5. The molecular weight excluding hydrogens is 242 g/mol. The van der Waals surface area contributed by atoms with Crippen LogP contribution in [0.2, 0.25) is 5.02 Å². The third kappa shape index (κ3) is 3.91. The van der Waals surface area contributed by atoms with E-state index in [4.69, 9.17) is 16.3 Å². The molecule has 1 N–H and O–H groups in total. The van der Waals surface area contributed by atoms with Gasteiger partial charge in [-0.05, 0) is 25.1 Å². The fraction of sp³-hybridized carbons (Fsp3) is 0.417. The summed E-state index contributed by atoms with van der Waals surface area (Å²) in [4.78, 5) is 12.8. The van der Waals surface area contributed by atoms with Crippen molar-refractivity contribution in [2.75, 3.05) is 20.7 Å². The molecule has 0 aliphatic heterocycles. The molecule has 0 spiro atoms. The molecule has 4 nitrogen and oxygen atoms in total. The van der Waals surface area contributed by atoms with Crippen molar-refractivity contribution in [1.82, 2.24) is 4.90 Å². The molecule has 17 heavy (non-hydrogen) atoms. The molecule has 0 saturated heterocycles. The van der Waals surface area contributed by atoms with Gasteiger partial charge in [0.15, 0.2) is 6.61 Å². The van der Waals surface area contributed by atoms with Gasteiger partial charge in [-0.25, -0.2) is 0 Å². The summed E-state index contributed by atoms with van der Waals surface area (Å²) in [6, 6.07) is 4.93. The van der Waals surface area contributed by atoms with Crippen molar-refractivity contribution in [3.63, 3.8) is 0 Å².